The highest BCUT2D eigenvalue weighted by molar-refractivity contribution is 6.21. The zero-order chi connectivity index (χ0) is 11.0. The van der Waals surface area contributed by atoms with Crippen molar-refractivity contribution in [3.8, 4) is 0 Å². The van der Waals surface area contributed by atoms with E-state index < -0.39 is 0 Å². The maximum absolute atomic E-state index is 2.33. The lowest BCUT2D eigenvalue weighted by atomic mass is 9.88. The van der Waals surface area contributed by atoms with E-state index in [1.807, 2.05) is 0 Å². The topological polar surface area (TPSA) is 0 Å². The van der Waals surface area contributed by atoms with Gasteiger partial charge in [0.2, 0.25) is 0 Å². The predicted octanol–water partition coefficient (Wildman–Crippen LogP) is 3.83. The molecule has 0 aliphatic rings. The fourth-order valence-corrected chi connectivity index (χ4v) is 1.56. The second kappa shape index (κ2) is 7.90. The van der Waals surface area contributed by atoms with Crippen LogP contribution in [0.3, 0.4) is 0 Å². The number of allylic oxidation sites excluding steroid dienone is 4. The molecule has 0 N–H and O–H groups in total. The lowest BCUT2D eigenvalue weighted by Crippen LogP contribution is -1.88. The molecular formula is C13H25B. The first-order valence-corrected chi connectivity index (χ1v) is 5.89. The van der Waals surface area contributed by atoms with Crippen molar-refractivity contribution in [2.45, 2.75) is 59.8 Å². The Morgan fingerprint density at radius 2 is 1.71 bits per heavy atom. The Kier molecular flexibility index (Phi) is 7.65. The first-order chi connectivity index (χ1) is 6.57. The normalized spacial score (nSPS) is 12.3. The third-order valence-electron chi connectivity index (χ3n) is 2.40. The summed E-state index contributed by atoms with van der Waals surface area (Å²) in [4.78, 5) is 0. The van der Waals surface area contributed by atoms with Crippen LogP contribution in [0.4, 0.5) is 0 Å². The minimum absolute atomic E-state index is 1.26. The zero-order valence-corrected chi connectivity index (χ0v) is 10.6. The van der Waals surface area contributed by atoms with Crippen molar-refractivity contribution in [2.24, 2.45) is 0 Å². The Morgan fingerprint density at radius 1 is 1.07 bits per heavy atom. The fraction of sp³-hybridized carbons (Fsp3) is 0.692. The van der Waals surface area contributed by atoms with E-state index in [-0.39, 0.29) is 0 Å². The lowest BCUT2D eigenvalue weighted by Gasteiger charge is -2.06. The average Bonchev–Trinajstić information content (AvgIpc) is 2.09. The van der Waals surface area contributed by atoms with E-state index >= 15 is 0 Å². The van der Waals surface area contributed by atoms with E-state index in [2.05, 4.69) is 41.6 Å². The number of unbranched alkanes of at least 4 members (excludes halogenated alkanes) is 3. The van der Waals surface area contributed by atoms with Gasteiger partial charge in [-0.15, -0.1) is 5.47 Å². The molecule has 0 nitrogen and oxygen atoms in total. The molecule has 0 aromatic heterocycles. The van der Waals surface area contributed by atoms with E-state index in [0.29, 0.717) is 0 Å². The van der Waals surface area contributed by atoms with Gasteiger partial charge in [0.15, 0.2) is 0 Å². The molecular weight excluding hydrogens is 167 g/mol. The third kappa shape index (κ3) is 7.00. The monoisotopic (exact) mass is 192 g/mol. The van der Waals surface area contributed by atoms with Crippen molar-refractivity contribution in [1.29, 1.82) is 0 Å². The van der Waals surface area contributed by atoms with Crippen LogP contribution in [-0.4, -0.2) is 7.85 Å². The van der Waals surface area contributed by atoms with Crippen LogP contribution in [-0.2, 0) is 0 Å². The molecule has 80 valence electrons. The van der Waals surface area contributed by atoms with Gasteiger partial charge in [0.25, 0.3) is 0 Å². The molecule has 0 radical (unpaired) electrons. The summed E-state index contributed by atoms with van der Waals surface area (Å²) in [5.41, 5.74) is 4.43. The first-order valence-electron chi connectivity index (χ1n) is 5.89. The van der Waals surface area contributed by atoms with Gasteiger partial charge < -0.3 is 0 Å². The quantitative estimate of drug-likeness (QED) is 0.341. The van der Waals surface area contributed by atoms with Gasteiger partial charge in [-0.05, 0) is 26.7 Å². The van der Waals surface area contributed by atoms with Crippen LogP contribution in [0.1, 0.15) is 59.8 Å². The maximum Gasteiger partial charge on any atom is 0.133 e. The van der Waals surface area contributed by atoms with Gasteiger partial charge in [0, 0.05) is 0 Å². The number of rotatable bonds is 6. The Hall–Kier alpha value is -0.455. The van der Waals surface area contributed by atoms with Crippen LogP contribution in [0.2, 0.25) is 0 Å². The van der Waals surface area contributed by atoms with Crippen molar-refractivity contribution in [1.82, 2.24) is 0 Å². The Balaban J connectivity index is 4.02. The van der Waals surface area contributed by atoms with Gasteiger partial charge in [-0.3, -0.25) is 0 Å². The van der Waals surface area contributed by atoms with Gasteiger partial charge in [-0.2, -0.15) is 0 Å². The van der Waals surface area contributed by atoms with E-state index in [1.165, 1.54) is 43.1 Å². The summed E-state index contributed by atoms with van der Waals surface area (Å²) in [5, 5.41) is 0. The Bertz CT molecular complexity index is 203. The first kappa shape index (κ1) is 13.5. The summed E-state index contributed by atoms with van der Waals surface area (Å²) in [5.74, 6) is 0. The second-order valence-corrected chi connectivity index (χ2v) is 4.56. The molecule has 0 heterocycles. The molecule has 0 aliphatic carbocycles. The molecule has 0 atom stereocenters. The standard InChI is InChI=1S/C13H25B/c1-5-6-7-8-9-13(12(4)14)10-11(2)3/h10H,5-9,14H2,1-4H3/b13-12+. The summed E-state index contributed by atoms with van der Waals surface area (Å²) in [6.07, 6.45) is 9.02. The molecule has 0 amide bonds. The summed E-state index contributed by atoms with van der Waals surface area (Å²) >= 11 is 0. The van der Waals surface area contributed by atoms with Crippen molar-refractivity contribution in [2.75, 3.05) is 0 Å². The van der Waals surface area contributed by atoms with Gasteiger partial charge in [0.1, 0.15) is 7.85 Å². The van der Waals surface area contributed by atoms with E-state index in [0.717, 1.165) is 0 Å². The molecule has 0 aliphatic heterocycles. The summed E-state index contributed by atoms with van der Waals surface area (Å²) in [7, 11) is 2.22. The van der Waals surface area contributed by atoms with Crippen molar-refractivity contribution in [3.05, 3.63) is 22.7 Å². The lowest BCUT2D eigenvalue weighted by molar-refractivity contribution is 0.667. The van der Waals surface area contributed by atoms with Crippen molar-refractivity contribution < 1.29 is 0 Å². The third-order valence-corrected chi connectivity index (χ3v) is 2.40. The Morgan fingerprint density at radius 3 is 2.14 bits per heavy atom. The largest absolute Gasteiger partial charge is 0.133 e. The summed E-state index contributed by atoms with van der Waals surface area (Å²) in [6, 6.07) is 0. The number of hydrogen-bond acceptors (Lipinski definition) is 0. The van der Waals surface area contributed by atoms with E-state index in [4.69, 9.17) is 0 Å². The molecule has 0 aromatic rings. The molecule has 0 unspecified atom stereocenters. The highest BCUT2D eigenvalue weighted by Crippen LogP contribution is 2.15. The van der Waals surface area contributed by atoms with E-state index in [9.17, 15) is 0 Å². The predicted molar refractivity (Wildman–Crippen MR) is 69.4 cm³/mol. The van der Waals surface area contributed by atoms with Gasteiger partial charge >= 0.3 is 0 Å². The summed E-state index contributed by atoms with van der Waals surface area (Å²) in [6.45, 7) is 8.83. The minimum atomic E-state index is 1.26. The maximum atomic E-state index is 2.33. The average molecular weight is 192 g/mol. The van der Waals surface area contributed by atoms with Crippen LogP contribution >= 0.6 is 0 Å². The Labute approximate surface area is 90.9 Å². The van der Waals surface area contributed by atoms with Crippen LogP contribution in [0.25, 0.3) is 0 Å². The molecule has 0 rings (SSSR count). The molecule has 0 saturated heterocycles. The highest BCUT2D eigenvalue weighted by atomic mass is 14.0. The highest BCUT2D eigenvalue weighted by Gasteiger charge is 1.96. The molecule has 0 aromatic carbocycles. The molecule has 0 bridgehead atoms. The second-order valence-electron chi connectivity index (χ2n) is 4.56. The molecule has 14 heavy (non-hydrogen) atoms. The summed E-state index contributed by atoms with van der Waals surface area (Å²) < 4.78 is 0. The smallest absolute Gasteiger partial charge is 0.110 e. The van der Waals surface area contributed by atoms with Crippen LogP contribution < -0.4 is 0 Å². The molecule has 0 saturated carbocycles. The van der Waals surface area contributed by atoms with Gasteiger partial charge in [0.05, 0.1) is 0 Å². The van der Waals surface area contributed by atoms with Crippen LogP contribution in [0.5, 0.6) is 0 Å². The fourth-order valence-electron chi connectivity index (χ4n) is 1.56. The number of hydrogen-bond donors (Lipinski definition) is 0. The van der Waals surface area contributed by atoms with Crippen molar-refractivity contribution >= 4 is 7.85 Å². The SMILES string of the molecule is B/C(C)=C(/C=C(C)C)CCCCCC. The van der Waals surface area contributed by atoms with Crippen LogP contribution in [0, 0.1) is 0 Å². The van der Waals surface area contributed by atoms with Gasteiger partial charge in [-0.25, -0.2) is 0 Å². The van der Waals surface area contributed by atoms with Gasteiger partial charge in [-0.1, -0.05) is 50.3 Å². The minimum Gasteiger partial charge on any atom is -0.110 e. The van der Waals surface area contributed by atoms with Crippen LogP contribution in [0.15, 0.2) is 22.7 Å². The zero-order valence-electron chi connectivity index (χ0n) is 10.6. The van der Waals surface area contributed by atoms with E-state index in [1.54, 1.807) is 5.57 Å². The van der Waals surface area contributed by atoms with Crippen molar-refractivity contribution in [3.63, 3.8) is 0 Å². The molecule has 0 fully saturated rings. The molecule has 1 heteroatoms. The molecule has 0 spiro atoms.